The van der Waals surface area contributed by atoms with E-state index in [9.17, 15) is 9.90 Å². The summed E-state index contributed by atoms with van der Waals surface area (Å²) >= 11 is 0. The van der Waals surface area contributed by atoms with Crippen molar-refractivity contribution in [2.24, 2.45) is 11.8 Å². The number of carbonyl (C=O) groups is 1. The van der Waals surface area contributed by atoms with Gasteiger partial charge >= 0.3 is 5.97 Å². The minimum atomic E-state index is -1.75. The van der Waals surface area contributed by atoms with Gasteiger partial charge in [0.2, 0.25) is 0 Å². The molecule has 1 aliphatic carbocycles. The fraction of sp³-hybridized carbons (Fsp3) is 0.941. The van der Waals surface area contributed by atoms with Crippen molar-refractivity contribution in [3.8, 4) is 0 Å². The van der Waals surface area contributed by atoms with Crippen LogP contribution in [0.2, 0.25) is 18.1 Å². The fourth-order valence-corrected chi connectivity index (χ4v) is 3.90. The van der Waals surface area contributed by atoms with Gasteiger partial charge in [0.25, 0.3) is 0 Å². The first-order valence-electron chi connectivity index (χ1n) is 8.50. The molecule has 4 heteroatoms. The maximum atomic E-state index is 11.5. The van der Waals surface area contributed by atoms with Crippen LogP contribution in [0.1, 0.15) is 65.7 Å². The molecule has 1 rings (SSSR count). The molecule has 0 saturated heterocycles. The van der Waals surface area contributed by atoms with Crippen LogP contribution in [0.25, 0.3) is 0 Å². The molecule has 0 heterocycles. The van der Waals surface area contributed by atoms with E-state index in [4.69, 9.17) is 4.43 Å². The molecule has 1 saturated carbocycles. The molecular formula is C17H34O3Si. The molecule has 124 valence electrons. The fourth-order valence-electron chi connectivity index (χ4n) is 2.84. The Balaban J connectivity index is 2.43. The van der Waals surface area contributed by atoms with Gasteiger partial charge in [-0.25, -0.2) is 0 Å². The van der Waals surface area contributed by atoms with Crippen LogP contribution < -0.4 is 0 Å². The average Bonchev–Trinajstić information content (AvgIpc) is 2.37. The van der Waals surface area contributed by atoms with E-state index >= 15 is 0 Å². The van der Waals surface area contributed by atoms with Crippen LogP contribution in [0.15, 0.2) is 0 Å². The van der Waals surface area contributed by atoms with Crippen molar-refractivity contribution in [1.82, 2.24) is 0 Å². The zero-order chi connectivity index (χ0) is 16.1. The summed E-state index contributed by atoms with van der Waals surface area (Å²) in [4.78, 5) is 11.5. The second kappa shape index (κ2) is 7.77. The lowest BCUT2D eigenvalue weighted by molar-refractivity contribution is -0.143. The summed E-state index contributed by atoms with van der Waals surface area (Å²) in [6.45, 7) is 11.7. The molecule has 3 nitrogen and oxygen atoms in total. The molecule has 1 atom stereocenters. The smallest absolute Gasteiger partial charge is 0.306 e. The molecule has 0 bridgehead atoms. The predicted octanol–water partition coefficient (Wildman–Crippen LogP) is 5.07. The first kappa shape index (κ1) is 18.7. The van der Waals surface area contributed by atoms with Crippen molar-refractivity contribution < 1.29 is 14.3 Å². The Morgan fingerprint density at radius 1 is 1.24 bits per heavy atom. The van der Waals surface area contributed by atoms with E-state index in [1.807, 2.05) is 0 Å². The molecule has 0 aromatic carbocycles. The molecule has 0 aromatic rings. The highest BCUT2D eigenvalue weighted by molar-refractivity contribution is 6.74. The highest BCUT2D eigenvalue weighted by Crippen LogP contribution is 2.37. The number of rotatable bonds is 7. The van der Waals surface area contributed by atoms with E-state index in [0.29, 0.717) is 18.9 Å². The molecular weight excluding hydrogens is 280 g/mol. The van der Waals surface area contributed by atoms with Crippen LogP contribution in [-0.2, 0) is 9.22 Å². The maximum absolute atomic E-state index is 11.5. The highest BCUT2D eigenvalue weighted by Gasteiger charge is 2.37. The summed E-state index contributed by atoms with van der Waals surface area (Å²) in [5, 5.41) is 9.64. The van der Waals surface area contributed by atoms with E-state index in [0.717, 1.165) is 6.42 Å². The van der Waals surface area contributed by atoms with Crippen LogP contribution >= 0.6 is 0 Å². The summed E-state index contributed by atoms with van der Waals surface area (Å²) < 4.78 is 6.14. The summed E-state index contributed by atoms with van der Waals surface area (Å²) in [5.74, 6) is -0.245. The minimum absolute atomic E-state index is 0.190. The van der Waals surface area contributed by atoms with Crippen LogP contribution in [0.3, 0.4) is 0 Å². The van der Waals surface area contributed by atoms with E-state index in [1.165, 1.54) is 32.1 Å². The quantitative estimate of drug-likeness (QED) is 0.667. The van der Waals surface area contributed by atoms with E-state index in [1.54, 1.807) is 0 Å². The van der Waals surface area contributed by atoms with Gasteiger partial charge in [0.05, 0.1) is 5.92 Å². The lowest BCUT2D eigenvalue weighted by atomic mass is 9.82. The maximum Gasteiger partial charge on any atom is 0.306 e. The zero-order valence-electron chi connectivity index (χ0n) is 14.6. The highest BCUT2D eigenvalue weighted by atomic mass is 28.4. The van der Waals surface area contributed by atoms with E-state index in [2.05, 4.69) is 33.9 Å². The van der Waals surface area contributed by atoms with Gasteiger partial charge in [-0.05, 0) is 36.9 Å². The van der Waals surface area contributed by atoms with Gasteiger partial charge in [-0.2, -0.15) is 0 Å². The number of carboxylic acids is 1. The summed E-state index contributed by atoms with van der Waals surface area (Å²) in [6.07, 6.45) is 7.81. The Bertz CT molecular complexity index is 327. The summed E-state index contributed by atoms with van der Waals surface area (Å²) in [6, 6.07) is 0. The molecule has 0 radical (unpaired) electrons. The normalized spacial score (nSPS) is 19.5. The third-order valence-corrected chi connectivity index (χ3v) is 9.97. The Morgan fingerprint density at radius 3 is 2.29 bits per heavy atom. The minimum Gasteiger partial charge on any atom is -0.481 e. The predicted molar refractivity (Wildman–Crippen MR) is 90.1 cm³/mol. The topological polar surface area (TPSA) is 46.5 Å². The van der Waals surface area contributed by atoms with Crippen LogP contribution in [0.4, 0.5) is 0 Å². The van der Waals surface area contributed by atoms with Gasteiger partial charge in [-0.15, -0.1) is 0 Å². The molecule has 0 aliphatic heterocycles. The Labute approximate surface area is 131 Å². The van der Waals surface area contributed by atoms with Crippen molar-refractivity contribution in [3.63, 3.8) is 0 Å². The molecule has 0 amide bonds. The van der Waals surface area contributed by atoms with Crippen LogP contribution in [0.5, 0.6) is 0 Å². The van der Waals surface area contributed by atoms with Gasteiger partial charge < -0.3 is 9.53 Å². The molecule has 1 N–H and O–H groups in total. The molecule has 21 heavy (non-hydrogen) atoms. The van der Waals surface area contributed by atoms with Gasteiger partial charge in [0.1, 0.15) is 0 Å². The van der Waals surface area contributed by atoms with Gasteiger partial charge in [0, 0.05) is 6.61 Å². The van der Waals surface area contributed by atoms with Gasteiger partial charge in [-0.3, -0.25) is 4.79 Å². The zero-order valence-corrected chi connectivity index (χ0v) is 15.6. The lowest BCUT2D eigenvalue weighted by Crippen LogP contribution is -2.41. The van der Waals surface area contributed by atoms with Crippen molar-refractivity contribution in [3.05, 3.63) is 0 Å². The lowest BCUT2D eigenvalue weighted by Gasteiger charge is -2.36. The number of carboxylic acid groups (broad SMARTS) is 1. The van der Waals surface area contributed by atoms with Crippen molar-refractivity contribution >= 4 is 14.3 Å². The van der Waals surface area contributed by atoms with Crippen LogP contribution in [-0.4, -0.2) is 26.0 Å². The number of hydrogen-bond donors (Lipinski definition) is 1. The van der Waals surface area contributed by atoms with Crippen molar-refractivity contribution in [1.29, 1.82) is 0 Å². The van der Waals surface area contributed by atoms with Crippen molar-refractivity contribution in [2.45, 2.75) is 83.8 Å². The van der Waals surface area contributed by atoms with E-state index < -0.39 is 14.3 Å². The first-order chi connectivity index (χ1) is 9.63. The Kier molecular flexibility index (Phi) is 6.92. The monoisotopic (exact) mass is 314 g/mol. The third-order valence-electron chi connectivity index (χ3n) is 5.43. The molecule has 0 spiro atoms. The standard InChI is InChI=1S/C17H34O3Si/c1-17(2,3)21(4,5)20-12-11-15(16(18)19)13-14-9-7-6-8-10-14/h14-15H,6-13H2,1-5H3,(H,18,19). The average molecular weight is 315 g/mol. The first-order valence-corrected chi connectivity index (χ1v) is 11.4. The number of aliphatic carboxylic acids is 1. The van der Waals surface area contributed by atoms with Crippen molar-refractivity contribution in [2.75, 3.05) is 6.61 Å². The SMILES string of the molecule is CC(C)(C)[Si](C)(C)OCCC(CC1CCCCC1)C(=O)O. The second-order valence-electron chi connectivity index (χ2n) is 8.17. The molecule has 1 unspecified atom stereocenters. The molecule has 1 aliphatic rings. The molecule has 1 fully saturated rings. The third kappa shape index (κ3) is 6.11. The van der Waals surface area contributed by atoms with E-state index in [-0.39, 0.29) is 11.0 Å². The second-order valence-corrected chi connectivity index (χ2v) is 13.0. The summed E-state index contributed by atoms with van der Waals surface area (Å²) in [7, 11) is -1.75. The summed E-state index contributed by atoms with van der Waals surface area (Å²) in [5.41, 5.74) is 0. The van der Waals surface area contributed by atoms with Crippen LogP contribution in [0, 0.1) is 11.8 Å². The largest absolute Gasteiger partial charge is 0.481 e. The van der Waals surface area contributed by atoms with Gasteiger partial charge in [0.15, 0.2) is 8.32 Å². The Morgan fingerprint density at radius 2 is 1.81 bits per heavy atom. The van der Waals surface area contributed by atoms with Gasteiger partial charge in [-0.1, -0.05) is 52.9 Å². The molecule has 0 aromatic heterocycles. The number of hydrogen-bond acceptors (Lipinski definition) is 2. The Hall–Kier alpha value is -0.353.